The van der Waals surface area contributed by atoms with Crippen LogP contribution in [-0.4, -0.2) is 71.5 Å². The first kappa shape index (κ1) is 26.3. The van der Waals surface area contributed by atoms with Crippen LogP contribution in [0.15, 0.2) is 28.9 Å². The third kappa shape index (κ3) is 7.61. The van der Waals surface area contributed by atoms with Crippen molar-refractivity contribution in [3.63, 3.8) is 0 Å². The van der Waals surface area contributed by atoms with Crippen LogP contribution in [0.4, 0.5) is 4.79 Å². The van der Waals surface area contributed by atoms with E-state index in [1.807, 2.05) is 33.8 Å². The van der Waals surface area contributed by atoms with Crippen molar-refractivity contribution in [2.45, 2.75) is 46.6 Å². The predicted molar refractivity (Wildman–Crippen MR) is 130 cm³/mol. The minimum absolute atomic E-state index is 0.135. The van der Waals surface area contributed by atoms with Gasteiger partial charge in [-0.15, -0.1) is 0 Å². The summed E-state index contributed by atoms with van der Waals surface area (Å²) < 4.78 is 11.1. The summed E-state index contributed by atoms with van der Waals surface area (Å²) in [7, 11) is 0. The normalized spacial score (nSPS) is 14.7. The Morgan fingerprint density at radius 3 is 2.49 bits per heavy atom. The summed E-state index contributed by atoms with van der Waals surface area (Å²) in [6, 6.07) is 2.51. The lowest BCUT2D eigenvalue weighted by molar-refractivity contribution is -0.123. The highest BCUT2D eigenvalue weighted by Crippen LogP contribution is 2.23. The van der Waals surface area contributed by atoms with Crippen LogP contribution in [0.2, 0.25) is 0 Å². The van der Waals surface area contributed by atoms with E-state index >= 15 is 0 Å². The van der Waals surface area contributed by atoms with Crippen molar-refractivity contribution in [2.24, 2.45) is 11.8 Å². The van der Waals surface area contributed by atoms with E-state index in [9.17, 15) is 14.4 Å². The van der Waals surface area contributed by atoms with Gasteiger partial charge in [0.25, 0.3) is 0 Å². The van der Waals surface area contributed by atoms with Gasteiger partial charge in [0.15, 0.2) is 5.76 Å². The number of rotatable bonds is 10. The number of carbonyl (C=O) groups is 3. The second kappa shape index (κ2) is 12.4. The molecular formula is C25H35N5O5. The van der Waals surface area contributed by atoms with Gasteiger partial charge in [0, 0.05) is 25.5 Å². The number of pyridine rings is 1. The summed E-state index contributed by atoms with van der Waals surface area (Å²) in [6.45, 7) is 9.64. The molecule has 0 saturated carbocycles. The van der Waals surface area contributed by atoms with E-state index in [4.69, 9.17) is 9.15 Å². The number of aromatic nitrogens is 2. The molecule has 3 heterocycles. The van der Waals surface area contributed by atoms with Crippen molar-refractivity contribution in [1.29, 1.82) is 0 Å². The second-order valence-electron chi connectivity index (χ2n) is 9.51. The Morgan fingerprint density at radius 2 is 1.86 bits per heavy atom. The Hall–Kier alpha value is -3.27. The summed E-state index contributed by atoms with van der Waals surface area (Å²) >= 11 is 0. The predicted octanol–water partition coefficient (Wildman–Crippen LogP) is 2.69. The molecule has 10 nitrogen and oxygen atoms in total. The molecule has 0 aliphatic carbocycles. The molecule has 2 N–H and O–H groups in total. The van der Waals surface area contributed by atoms with E-state index in [0.29, 0.717) is 56.3 Å². The zero-order valence-corrected chi connectivity index (χ0v) is 20.9. The lowest BCUT2D eigenvalue weighted by Crippen LogP contribution is -2.54. The maximum absolute atomic E-state index is 13.0. The fourth-order valence-corrected chi connectivity index (χ4v) is 3.79. The van der Waals surface area contributed by atoms with Crippen LogP contribution in [0.25, 0.3) is 11.5 Å². The number of oxazole rings is 1. The third-order valence-corrected chi connectivity index (χ3v) is 5.50. The molecular weight excluding hydrogens is 450 g/mol. The highest BCUT2D eigenvalue weighted by molar-refractivity contribution is 5.99. The number of ketones is 1. The molecule has 1 aliphatic heterocycles. The Morgan fingerprint density at radius 1 is 1.11 bits per heavy atom. The van der Waals surface area contributed by atoms with E-state index in [1.54, 1.807) is 23.4 Å². The molecule has 1 saturated heterocycles. The van der Waals surface area contributed by atoms with Crippen LogP contribution >= 0.6 is 0 Å². The first-order valence-electron chi connectivity index (χ1n) is 12.1. The molecule has 0 radical (unpaired) electrons. The molecule has 35 heavy (non-hydrogen) atoms. The van der Waals surface area contributed by atoms with Crippen molar-refractivity contribution >= 4 is 17.7 Å². The first-order chi connectivity index (χ1) is 16.7. The summed E-state index contributed by atoms with van der Waals surface area (Å²) in [6.07, 6.45) is 4.27. The lowest BCUT2D eigenvalue weighted by Gasteiger charge is -2.29. The number of hydrogen-bond donors (Lipinski definition) is 2. The molecule has 1 unspecified atom stereocenters. The molecule has 2 aromatic rings. The van der Waals surface area contributed by atoms with Gasteiger partial charge in [0.1, 0.15) is 6.04 Å². The van der Waals surface area contributed by atoms with Gasteiger partial charge in [-0.3, -0.25) is 14.6 Å². The highest BCUT2D eigenvalue weighted by Gasteiger charge is 2.27. The van der Waals surface area contributed by atoms with E-state index in [2.05, 4.69) is 20.6 Å². The Balaban J connectivity index is 1.68. The van der Waals surface area contributed by atoms with E-state index in [-0.39, 0.29) is 36.0 Å². The second-order valence-corrected chi connectivity index (χ2v) is 9.51. The van der Waals surface area contributed by atoms with Crippen LogP contribution in [-0.2, 0) is 16.0 Å². The molecule has 2 aromatic heterocycles. The van der Waals surface area contributed by atoms with Gasteiger partial charge in [-0.25, -0.2) is 9.78 Å². The first-order valence-corrected chi connectivity index (χ1v) is 12.1. The third-order valence-electron chi connectivity index (χ3n) is 5.50. The molecule has 0 aromatic carbocycles. The van der Waals surface area contributed by atoms with Crippen molar-refractivity contribution in [2.75, 3.05) is 32.8 Å². The number of nitrogens with zero attached hydrogens (tertiary/aromatic N) is 3. The Labute approximate surface area is 205 Å². The van der Waals surface area contributed by atoms with Crippen LogP contribution in [0.1, 0.15) is 50.4 Å². The minimum Gasteiger partial charge on any atom is -0.433 e. The number of amides is 3. The van der Waals surface area contributed by atoms with Gasteiger partial charge >= 0.3 is 6.03 Å². The van der Waals surface area contributed by atoms with Crippen molar-refractivity contribution in [3.05, 3.63) is 36.0 Å². The van der Waals surface area contributed by atoms with Gasteiger partial charge < -0.3 is 24.7 Å². The van der Waals surface area contributed by atoms with Crippen LogP contribution in [0.5, 0.6) is 0 Å². The SMILES string of the molecule is CC(C)Cc1nc(-c2cccnc2)oc1C(=O)CNC(=O)C(CC(C)C)NC(=O)N1CCOCC1. The van der Waals surface area contributed by atoms with Gasteiger partial charge in [-0.05, 0) is 36.8 Å². The largest absolute Gasteiger partial charge is 0.433 e. The topological polar surface area (TPSA) is 127 Å². The molecule has 3 amide bonds. The van der Waals surface area contributed by atoms with Crippen LogP contribution in [0.3, 0.4) is 0 Å². The quantitative estimate of drug-likeness (QED) is 0.495. The van der Waals surface area contributed by atoms with Crippen molar-refractivity contribution in [3.8, 4) is 11.5 Å². The number of carbonyl (C=O) groups excluding carboxylic acids is 3. The molecule has 0 spiro atoms. The summed E-state index contributed by atoms with van der Waals surface area (Å²) in [5.41, 5.74) is 1.22. The maximum atomic E-state index is 13.0. The molecule has 3 rings (SSSR count). The molecule has 10 heteroatoms. The Bertz CT molecular complexity index is 999. The van der Waals surface area contributed by atoms with Gasteiger partial charge in [-0.2, -0.15) is 0 Å². The molecule has 1 aliphatic rings. The smallest absolute Gasteiger partial charge is 0.318 e. The molecule has 1 atom stereocenters. The zero-order valence-electron chi connectivity index (χ0n) is 20.9. The zero-order chi connectivity index (χ0) is 25.4. The Kier molecular flexibility index (Phi) is 9.36. The molecule has 0 bridgehead atoms. The number of Topliss-reactive ketones (excluding diaryl/α,β-unsaturated/α-hetero) is 1. The summed E-state index contributed by atoms with van der Waals surface area (Å²) in [5, 5.41) is 5.49. The fraction of sp³-hybridized carbons (Fsp3) is 0.560. The number of nitrogens with one attached hydrogen (secondary N) is 2. The molecule has 190 valence electrons. The number of ether oxygens (including phenoxy) is 1. The minimum atomic E-state index is -0.756. The number of urea groups is 1. The summed E-state index contributed by atoms with van der Waals surface area (Å²) in [5.74, 6) is 0.0919. The standard InChI is InChI=1S/C25H35N5O5/c1-16(2)12-19-22(35-24(28-19)18-6-5-7-26-14-18)21(31)15-27-23(32)20(13-17(3)4)29-25(33)30-8-10-34-11-9-30/h5-7,14,16-17,20H,8-13,15H2,1-4H3,(H,27,32)(H,29,33). The number of hydrogen-bond acceptors (Lipinski definition) is 7. The highest BCUT2D eigenvalue weighted by atomic mass is 16.5. The fourth-order valence-electron chi connectivity index (χ4n) is 3.79. The van der Waals surface area contributed by atoms with Gasteiger partial charge in [-0.1, -0.05) is 27.7 Å². The molecule has 1 fully saturated rings. The van der Waals surface area contributed by atoms with Crippen LogP contribution in [0, 0.1) is 11.8 Å². The van der Waals surface area contributed by atoms with Gasteiger partial charge in [0.2, 0.25) is 17.6 Å². The van der Waals surface area contributed by atoms with Gasteiger partial charge in [0.05, 0.1) is 31.0 Å². The number of morpholine rings is 1. The van der Waals surface area contributed by atoms with Crippen LogP contribution < -0.4 is 10.6 Å². The monoisotopic (exact) mass is 485 g/mol. The lowest BCUT2D eigenvalue weighted by atomic mass is 10.0. The average Bonchev–Trinajstić information content (AvgIpc) is 3.26. The summed E-state index contributed by atoms with van der Waals surface area (Å²) in [4.78, 5) is 48.8. The van der Waals surface area contributed by atoms with Crippen molar-refractivity contribution in [1.82, 2.24) is 25.5 Å². The maximum Gasteiger partial charge on any atom is 0.318 e. The van der Waals surface area contributed by atoms with E-state index < -0.39 is 11.9 Å². The van der Waals surface area contributed by atoms with E-state index in [0.717, 1.165) is 0 Å². The average molecular weight is 486 g/mol. The van der Waals surface area contributed by atoms with E-state index in [1.165, 1.54) is 0 Å². The van der Waals surface area contributed by atoms with Crippen molar-refractivity contribution < 1.29 is 23.5 Å².